The topological polar surface area (TPSA) is 52.6 Å². The van der Waals surface area contributed by atoms with Gasteiger partial charge in [-0.05, 0) is 67.5 Å². The van der Waals surface area contributed by atoms with Gasteiger partial charge in [-0.3, -0.25) is 0 Å². The predicted octanol–water partition coefficient (Wildman–Crippen LogP) is 4.07. The molecule has 0 aliphatic carbocycles. The molecule has 1 unspecified atom stereocenters. The van der Waals surface area contributed by atoms with Crippen LogP contribution in [-0.2, 0) is 0 Å². The second kappa shape index (κ2) is 9.05. The number of carbonyl (C=O) groups is 1. The summed E-state index contributed by atoms with van der Waals surface area (Å²) in [7, 11) is 0. The Labute approximate surface area is 135 Å². The molecule has 2 N–H and O–H groups in total. The molecule has 0 spiro atoms. The molecule has 0 fully saturated rings. The van der Waals surface area contributed by atoms with Crippen LogP contribution in [0.3, 0.4) is 0 Å². The highest BCUT2D eigenvalue weighted by atomic mass is 79.9. The standard InChI is InChI=1S/C16H25BrN2O2/c1-4-19(5-2)11-7-8-12(3)18-14-10-6-9-13(17)15(14)16(20)21/h6,9-10,12,18H,4-5,7-8,11H2,1-3H3,(H,20,21). The molecule has 0 aromatic heterocycles. The number of hydrogen-bond acceptors (Lipinski definition) is 3. The zero-order valence-corrected chi connectivity index (χ0v) is 14.6. The van der Waals surface area contributed by atoms with Crippen LogP contribution in [0.4, 0.5) is 5.69 Å². The van der Waals surface area contributed by atoms with Gasteiger partial charge >= 0.3 is 5.97 Å². The van der Waals surface area contributed by atoms with Crippen molar-refractivity contribution in [1.29, 1.82) is 0 Å². The summed E-state index contributed by atoms with van der Waals surface area (Å²) in [4.78, 5) is 13.7. The van der Waals surface area contributed by atoms with Crippen LogP contribution in [0.1, 0.15) is 44.0 Å². The lowest BCUT2D eigenvalue weighted by molar-refractivity contribution is 0.0697. The molecule has 5 heteroatoms. The lowest BCUT2D eigenvalue weighted by Crippen LogP contribution is -2.26. The highest BCUT2D eigenvalue weighted by molar-refractivity contribution is 9.10. The van der Waals surface area contributed by atoms with Crippen LogP contribution >= 0.6 is 15.9 Å². The Morgan fingerprint density at radius 2 is 2.05 bits per heavy atom. The lowest BCUT2D eigenvalue weighted by Gasteiger charge is -2.21. The monoisotopic (exact) mass is 356 g/mol. The summed E-state index contributed by atoms with van der Waals surface area (Å²) in [5.74, 6) is -0.916. The number of carboxylic acids is 1. The molecule has 0 bridgehead atoms. The minimum Gasteiger partial charge on any atom is -0.478 e. The van der Waals surface area contributed by atoms with E-state index in [9.17, 15) is 9.90 Å². The normalized spacial score (nSPS) is 12.4. The van der Waals surface area contributed by atoms with Crippen LogP contribution < -0.4 is 5.32 Å². The Morgan fingerprint density at radius 3 is 2.62 bits per heavy atom. The van der Waals surface area contributed by atoms with Crippen LogP contribution in [0.2, 0.25) is 0 Å². The molecule has 0 aliphatic rings. The first-order chi connectivity index (χ1) is 9.99. The van der Waals surface area contributed by atoms with E-state index in [2.05, 4.69) is 46.9 Å². The number of nitrogens with zero attached hydrogens (tertiary/aromatic N) is 1. The number of rotatable bonds is 9. The summed E-state index contributed by atoms with van der Waals surface area (Å²) in [6, 6.07) is 5.66. The van der Waals surface area contributed by atoms with E-state index in [1.807, 2.05) is 12.1 Å². The van der Waals surface area contributed by atoms with E-state index in [4.69, 9.17) is 0 Å². The third kappa shape index (κ3) is 5.67. The van der Waals surface area contributed by atoms with Crippen molar-refractivity contribution >= 4 is 27.6 Å². The molecule has 1 rings (SSSR count). The summed E-state index contributed by atoms with van der Waals surface area (Å²) >= 11 is 3.30. The van der Waals surface area contributed by atoms with Crippen molar-refractivity contribution in [1.82, 2.24) is 4.90 Å². The number of benzene rings is 1. The van der Waals surface area contributed by atoms with Gasteiger partial charge in [0.1, 0.15) is 0 Å². The Hall–Kier alpha value is -1.07. The highest BCUT2D eigenvalue weighted by Gasteiger charge is 2.15. The highest BCUT2D eigenvalue weighted by Crippen LogP contribution is 2.25. The van der Waals surface area contributed by atoms with E-state index in [-0.39, 0.29) is 6.04 Å². The van der Waals surface area contributed by atoms with Crippen molar-refractivity contribution in [2.75, 3.05) is 25.0 Å². The van der Waals surface area contributed by atoms with Crippen LogP contribution in [-0.4, -0.2) is 41.7 Å². The fourth-order valence-electron chi connectivity index (χ4n) is 2.36. The SMILES string of the molecule is CCN(CC)CCCC(C)Nc1cccc(Br)c1C(=O)O. The maximum Gasteiger partial charge on any atom is 0.338 e. The molecule has 0 amide bonds. The number of anilines is 1. The minimum atomic E-state index is -0.916. The number of aromatic carboxylic acids is 1. The third-order valence-electron chi connectivity index (χ3n) is 3.64. The van der Waals surface area contributed by atoms with Crippen LogP contribution in [0.5, 0.6) is 0 Å². The number of nitrogens with one attached hydrogen (secondary N) is 1. The van der Waals surface area contributed by atoms with Crippen molar-refractivity contribution in [3.63, 3.8) is 0 Å². The summed E-state index contributed by atoms with van der Waals surface area (Å²) in [6.45, 7) is 9.68. The van der Waals surface area contributed by atoms with Gasteiger partial charge in [-0.1, -0.05) is 19.9 Å². The Balaban J connectivity index is 2.57. The predicted molar refractivity (Wildman–Crippen MR) is 91.2 cm³/mol. The Bertz CT molecular complexity index is 462. The molecule has 0 saturated heterocycles. The molecule has 0 heterocycles. The van der Waals surface area contributed by atoms with Gasteiger partial charge in [0.05, 0.1) is 11.3 Å². The molecule has 21 heavy (non-hydrogen) atoms. The zero-order chi connectivity index (χ0) is 15.8. The maximum absolute atomic E-state index is 11.3. The van der Waals surface area contributed by atoms with Crippen LogP contribution in [0.25, 0.3) is 0 Å². The fourth-order valence-corrected chi connectivity index (χ4v) is 2.90. The van der Waals surface area contributed by atoms with E-state index < -0.39 is 5.97 Å². The van der Waals surface area contributed by atoms with Crippen molar-refractivity contribution in [2.45, 2.75) is 39.7 Å². The summed E-state index contributed by atoms with van der Waals surface area (Å²) in [6.07, 6.45) is 2.12. The van der Waals surface area contributed by atoms with Gasteiger partial charge < -0.3 is 15.3 Å². The van der Waals surface area contributed by atoms with E-state index in [1.54, 1.807) is 6.07 Å². The molecule has 1 aromatic carbocycles. The van der Waals surface area contributed by atoms with Gasteiger partial charge in [-0.2, -0.15) is 0 Å². The molecule has 4 nitrogen and oxygen atoms in total. The van der Waals surface area contributed by atoms with Gasteiger partial charge in [0, 0.05) is 10.5 Å². The van der Waals surface area contributed by atoms with Gasteiger partial charge in [0.2, 0.25) is 0 Å². The van der Waals surface area contributed by atoms with E-state index in [1.165, 1.54) is 0 Å². The largest absolute Gasteiger partial charge is 0.478 e. The molecule has 0 radical (unpaired) electrons. The zero-order valence-electron chi connectivity index (χ0n) is 13.0. The number of hydrogen-bond donors (Lipinski definition) is 2. The summed E-state index contributed by atoms with van der Waals surface area (Å²) < 4.78 is 0.607. The minimum absolute atomic E-state index is 0.243. The Morgan fingerprint density at radius 1 is 1.38 bits per heavy atom. The lowest BCUT2D eigenvalue weighted by atomic mass is 10.1. The van der Waals surface area contributed by atoms with Gasteiger partial charge in [-0.25, -0.2) is 4.79 Å². The van der Waals surface area contributed by atoms with Crippen molar-refractivity contribution < 1.29 is 9.90 Å². The first kappa shape index (κ1) is 18.0. The summed E-state index contributed by atoms with van der Waals surface area (Å²) in [5, 5.41) is 12.6. The fraction of sp³-hybridized carbons (Fsp3) is 0.562. The van der Waals surface area contributed by atoms with Gasteiger partial charge in [-0.15, -0.1) is 0 Å². The Kier molecular flexibility index (Phi) is 7.75. The van der Waals surface area contributed by atoms with Gasteiger partial charge in [0.25, 0.3) is 0 Å². The first-order valence-electron chi connectivity index (χ1n) is 7.50. The molecule has 1 atom stereocenters. The molecule has 0 aliphatic heterocycles. The second-order valence-corrected chi connectivity index (χ2v) is 6.04. The number of halogens is 1. The molecule has 118 valence electrons. The van der Waals surface area contributed by atoms with Crippen LogP contribution in [0, 0.1) is 0 Å². The number of carboxylic acid groups (broad SMARTS) is 1. The third-order valence-corrected chi connectivity index (χ3v) is 4.30. The van der Waals surface area contributed by atoms with E-state index in [0.717, 1.165) is 32.5 Å². The summed E-state index contributed by atoms with van der Waals surface area (Å²) in [5.41, 5.74) is 0.973. The van der Waals surface area contributed by atoms with Crippen molar-refractivity contribution in [2.24, 2.45) is 0 Å². The first-order valence-corrected chi connectivity index (χ1v) is 8.29. The smallest absolute Gasteiger partial charge is 0.338 e. The van der Waals surface area contributed by atoms with Gasteiger partial charge in [0.15, 0.2) is 0 Å². The molecular weight excluding hydrogens is 332 g/mol. The van der Waals surface area contributed by atoms with Crippen LogP contribution in [0.15, 0.2) is 22.7 Å². The maximum atomic E-state index is 11.3. The molecule has 1 aromatic rings. The van der Waals surface area contributed by atoms with E-state index in [0.29, 0.717) is 15.7 Å². The second-order valence-electron chi connectivity index (χ2n) is 5.18. The molecule has 0 saturated carbocycles. The van der Waals surface area contributed by atoms with Crippen molar-refractivity contribution in [3.05, 3.63) is 28.2 Å². The average Bonchev–Trinajstić information content (AvgIpc) is 2.43. The molecular formula is C16H25BrN2O2. The quantitative estimate of drug-likeness (QED) is 0.700. The van der Waals surface area contributed by atoms with Crippen molar-refractivity contribution in [3.8, 4) is 0 Å². The average molecular weight is 357 g/mol. The van der Waals surface area contributed by atoms with E-state index >= 15 is 0 Å².